The van der Waals surface area contributed by atoms with Gasteiger partial charge in [0.1, 0.15) is 0 Å². The van der Waals surface area contributed by atoms with Crippen molar-refractivity contribution >= 4 is 17.4 Å². The minimum Gasteiger partial charge on any atom is -0.328 e. The molecule has 0 aromatic carbocycles. The summed E-state index contributed by atoms with van der Waals surface area (Å²) in [7, 11) is 3.67. The first-order chi connectivity index (χ1) is 7.07. The van der Waals surface area contributed by atoms with E-state index < -0.39 is 0 Å². The van der Waals surface area contributed by atoms with Gasteiger partial charge in [-0.05, 0) is 25.3 Å². The van der Waals surface area contributed by atoms with E-state index in [2.05, 4.69) is 6.07 Å². The average molecular weight is 226 g/mol. The van der Waals surface area contributed by atoms with E-state index in [9.17, 15) is 4.79 Å². The van der Waals surface area contributed by atoms with Gasteiger partial charge in [0.15, 0.2) is 0 Å². The van der Waals surface area contributed by atoms with Gasteiger partial charge in [-0.1, -0.05) is 6.07 Å². The Kier molecular flexibility index (Phi) is 4.15. The summed E-state index contributed by atoms with van der Waals surface area (Å²) in [6.45, 7) is 4.76. The zero-order valence-electron chi connectivity index (χ0n) is 9.73. The summed E-state index contributed by atoms with van der Waals surface area (Å²) < 4.78 is 0. The Morgan fingerprint density at radius 3 is 2.67 bits per heavy atom. The molecule has 84 valence electrons. The maximum atomic E-state index is 11.9. The molecule has 0 N–H and O–H groups in total. The van der Waals surface area contributed by atoms with Crippen LogP contribution in [0, 0.1) is 0 Å². The Morgan fingerprint density at radius 2 is 2.20 bits per heavy atom. The number of hydrogen-bond donors (Lipinski definition) is 0. The van der Waals surface area contributed by atoms with Gasteiger partial charge in [0.2, 0.25) is 0 Å². The van der Waals surface area contributed by atoms with Gasteiger partial charge in [-0.2, -0.15) is 0 Å². The van der Waals surface area contributed by atoms with Crippen LogP contribution in [-0.4, -0.2) is 36.5 Å². The van der Waals surface area contributed by atoms with Crippen LogP contribution in [0.25, 0.3) is 0 Å². The summed E-state index contributed by atoms with van der Waals surface area (Å²) >= 11 is 1.68. The third-order valence-electron chi connectivity index (χ3n) is 2.64. The van der Waals surface area contributed by atoms with Crippen LogP contribution in [0.5, 0.6) is 0 Å². The molecule has 0 bridgehead atoms. The lowest BCUT2D eigenvalue weighted by Gasteiger charge is -2.28. The van der Waals surface area contributed by atoms with Gasteiger partial charge in [-0.15, -0.1) is 11.3 Å². The summed E-state index contributed by atoms with van der Waals surface area (Å²) in [6, 6.07) is 4.29. The zero-order valence-corrected chi connectivity index (χ0v) is 10.5. The Balaban J connectivity index is 2.68. The molecule has 0 saturated heterocycles. The summed E-state index contributed by atoms with van der Waals surface area (Å²) in [6.07, 6.45) is 0. The van der Waals surface area contributed by atoms with Gasteiger partial charge in [0, 0.05) is 25.5 Å². The number of urea groups is 1. The minimum absolute atomic E-state index is 0.0680. The smallest absolute Gasteiger partial charge is 0.320 e. The molecular weight excluding hydrogens is 208 g/mol. The van der Waals surface area contributed by atoms with Crippen LogP contribution >= 0.6 is 11.3 Å². The fourth-order valence-electron chi connectivity index (χ4n) is 1.29. The number of carbonyl (C=O) groups excluding carboxylic acids is 1. The molecule has 1 unspecified atom stereocenters. The van der Waals surface area contributed by atoms with Gasteiger partial charge in [0.05, 0.1) is 6.04 Å². The van der Waals surface area contributed by atoms with E-state index in [1.54, 1.807) is 21.1 Å². The molecule has 1 atom stereocenters. The number of nitrogens with zero attached hydrogens (tertiary/aromatic N) is 2. The fraction of sp³-hybridized carbons (Fsp3) is 0.545. The van der Waals surface area contributed by atoms with Crippen LogP contribution in [0.1, 0.15) is 24.8 Å². The summed E-state index contributed by atoms with van der Waals surface area (Å²) in [4.78, 5) is 16.6. The number of amides is 2. The monoisotopic (exact) mass is 226 g/mol. The molecule has 0 aliphatic rings. The van der Waals surface area contributed by atoms with Gasteiger partial charge in [-0.3, -0.25) is 0 Å². The molecule has 15 heavy (non-hydrogen) atoms. The first-order valence-corrected chi connectivity index (χ1v) is 5.97. The average Bonchev–Trinajstić information content (AvgIpc) is 2.78. The van der Waals surface area contributed by atoms with Gasteiger partial charge in [-0.25, -0.2) is 4.79 Å². The molecule has 4 heteroatoms. The highest BCUT2D eigenvalue weighted by Gasteiger charge is 2.19. The first-order valence-electron chi connectivity index (χ1n) is 5.09. The van der Waals surface area contributed by atoms with E-state index >= 15 is 0 Å². The van der Waals surface area contributed by atoms with Crippen LogP contribution < -0.4 is 0 Å². The van der Waals surface area contributed by atoms with Crippen molar-refractivity contribution in [3.8, 4) is 0 Å². The van der Waals surface area contributed by atoms with Crippen molar-refractivity contribution in [3.05, 3.63) is 22.4 Å². The van der Waals surface area contributed by atoms with Crippen molar-refractivity contribution in [2.24, 2.45) is 0 Å². The van der Waals surface area contributed by atoms with E-state index in [0.29, 0.717) is 0 Å². The SMILES string of the molecule is CCN(C)C(=O)N(C)C(C)c1cccs1. The van der Waals surface area contributed by atoms with Crippen molar-refractivity contribution < 1.29 is 4.79 Å². The second-order valence-electron chi connectivity index (χ2n) is 3.60. The van der Waals surface area contributed by atoms with E-state index in [1.165, 1.54) is 4.88 Å². The standard InChI is InChI=1S/C11H18N2OS/c1-5-12(3)11(14)13(4)9(2)10-7-6-8-15-10/h6-9H,5H2,1-4H3. The third-order valence-corrected chi connectivity index (χ3v) is 3.68. The maximum absolute atomic E-state index is 11.9. The number of carbonyl (C=O) groups is 1. The number of rotatable bonds is 3. The largest absolute Gasteiger partial charge is 0.328 e. The maximum Gasteiger partial charge on any atom is 0.320 e. The Hall–Kier alpha value is -1.03. The molecule has 0 radical (unpaired) electrons. The topological polar surface area (TPSA) is 23.6 Å². The minimum atomic E-state index is 0.0680. The van der Waals surface area contributed by atoms with E-state index in [4.69, 9.17) is 0 Å². The highest BCUT2D eigenvalue weighted by molar-refractivity contribution is 7.10. The predicted molar refractivity (Wildman–Crippen MR) is 64.2 cm³/mol. The van der Waals surface area contributed by atoms with Crippen molar-refractivity contribution in [2.75, 3.05) is 20.6 Å². The van der Waals surface area contributed by atoms with Gasteiger partial charge in [0.25, 0.3) is 0 Å². The lowest BCUT2D eigenvalue weighted by Crippen LogP contribution is -2.39. The molecule has 0 saturated carbocycles. The molecule has 0 fully saturated rings. The third kappa shape index (κ3) is 2.72. The van der Waals surface area contributed by atoms with Crippen molar-refractivity contribution in [2.45, 2.75) is 19.9 Å². The van der Waals surface area contributed by atoms with Crippen molar-refractivity contribution in [1.82, 2.24) is 9.80 Å². The Bertz CT molecular complexity index is 310. The van der Waals surface area contributed by atoms with Crippen LogP contribution in [0.15, 0.2) is 17.5 Å². The molecule has 0 spiro atoms. The fourth-order valence-corrected chi connectivity index (χ4v) is 2.12. The Morgan fingerprint density at radius 1 is 1.53 bits per heavy atom. The molecule has 0 aliphatic carbocycles. The molecule has 1 aromatic heterocycles. The number of hydrogen-bond acceptors (Lipinski definition) is 2. The van der Waals surface area contributed by atoms with Gasteiger partial charge >= 0.3 is 6.03 Å². The number of thiophene rings is 1. The lowest BCUT2D eigenvalue weighted by atomic mass is 10.2. The highest BCUT2D eigenvalue weighted by atomic mass is 32.1. The first kappa shape index (κ1) is 12.0. The summed E-state index contributed by atoms with van der Waals surface area (Å²) in [5.74, 6) is 0. The van der Waals surface area contributed by atoms with Crippen LogP contribution in [0.3, 0.4) is 0 Å². The zero-order chi connectivity index (χ0) is 11.4. The van der Waals surface area contributed by atoms with Crippen LogP contribution in [-0.2, 0) is 0 Å². The van der Waals surface area contributed by atoms with Crippen molar-refractivity contribution in [1.29, 1.82) is 0 Å². The highest BCUT2D eigenvalue weighted by Crippen LogP contribution is 2.23. The van der Waals surface area contributed by atoms with Gasteiger partial charge < -0.3 is 9.80 Å². The molecule has 1 heterocycles. The molecule has 1 aromatic rings. The lowest BCUT2D eigenvalue weighted by molar-refractivity contribution is 0.162. The molecule has 1 rings (SSSR count). The van der Waals surface area contributed by atoms with Crippen molar-refractivity contribution in [3.63, 3.8) is 0 Å². The van der Waals surface area contributed by atoms with E-state index in [1.807, 2.05) is 39.4 Å². The summed E-state index contributed by atoms with van der Waals surface area (Å²) in [5.41, 5.74) is 0. The quantitative estimate of drug-likeness (QED) is 0.777. The van der Waals surface area contributed by atoms with E-state index in [0.717, 1.165) is 6.54 Å². The van der Waals surface area contributed by atoms with Crippen LogP contribution in [0.4, 0.5) is 4.79 Å². The molecular formula is C11H18N2OS. The predicted octanol–water partition coefficient (Wildman–Crippen LogP) is 2.81. The molecule has 3 nitrogen and oxygen atoms in total. The molecule has 2 amide bonds. The normalized spacial score (nSPS) is 12.3. The molecule has 0 aliphatic heterocycles. The van der Waals surface area contributed by atoms with Crippen LogP contribution in [0.2, 0.25) is 0 Å². The second-order valence-corrected chi connectivity index (χ2v) is 4.58. The Labute approximate surface area is 95.3 Å². The summed E-state index contributed by atoms with van der Waals surface area (Å²) in [5, 5.41) is 2.04. The second kappa shape index (κ2) is 5.16. The van der Waals surface area contributed by atoms with E-state index in [-0.39, 0.29) is 12.1 Å².